The lowest BCUT2D eigenvalue weighted by Crippen LogP contribution is -2.24. The zero-order valence-electron chi connectivity index (χ0n) is 19.6. The number of ether oxygens (including phenoxy) is 1. The van der Waals surface area contributed by atoms with Crippen molar-refractivity contribution in [3.63, 3.8) is 0 Å². The Morgan fingerprint density at radius 2 is 1.82 bits per heavy atom. The average Bonchev–Trinajstić information content (AvgIpc) is 2.73. The molecule has 0 fully saturated rings. The molecule has 1 amide bonds. The minimum absolute atomic E-state index is 0.308. The lowest BCUT2D eigenvalue weighted by atomic mass is 9.91. The molecule has 178 valence electrons. The average molecular weight is 462 g/mol. The predicted molar refractivity (Wildman–Crippen MR) is 125 cm³/mol. The van der Waals surface area contributed by atoms with Crippen molar-refractivity contribution in [2.75, 3.05) is 25.5 Å². The summed E-state index contributed by atoms with van der Waals surface area (Å²) in [6, 6.07) is 9.65. The van der Waals surface area contributed by atoms with Crippen molar-refractivity contribution in [3.05, 3.63) is 59.7 Å². The van der Waals surface area contributed by atoms with Crippen LogP contribution in [0.2, 0.25) is 0 Å². The van der Waals surface area contributed by atoms with Crippen molar-refractivity contribution in [2.45, 2.75) is 40.0 Å². The molecule has 0 heterocycles. The van der Waals surface area contributed by atoms with Crippen LogP contribution >= 0.6 is 0 Å². The van der Waals surface area contributed by atoms with E-state index in [4.69, 9.17) is 0 Å². The SMILES string of the molecule is C=CC(=O)NCCc1cc(-c2ccc(OC(F)(F)F)cc2)c(C)c(N(C)C)c1C#N.CCC. The van der Waals surface area contributed by atoms with Gasteiger partial charge in [0.15, 0.2) is 0 Å². The van der Waals surface area contributed by atoms with Gasteiger partial charge in [-0.25, -0.2) is 0 Å². The quantitative estimate of drug-likeness (QED) is 0.533. The summed E-state index contributed by atoms with van der Waals surface area (Å²) >= 11 is 0. The van der Waals surface area contributed by atoms with E-state index in [1.165, 1.54) is 36.8 Å². The number of rotatable bonds is 7. The smallest absolute Gasteiger partial charge is 0.406 e. The molecule has 8 heteroatoms. The van der Waals surface area contributed by atoms with E-state index in [0.29, 0.717) is 24.1 Å². The minimum Gasteiger partial charge on any atom is -0.406 e. The molecule has 2 aromatic rings. The maximum Gasteiger partial charge on any atom is 0.573 e. The summed E-state index contributed by atoms with van der Waals surface area (Å²) in [6.07, 6.45) is -1.93. The van der Waals surface area contributed by atoms with E-state index in [1.54, 1.807) is 0 Å². The summed E-state index contributed by atoms with van der Waals surface area (Å²) in [5.41, 5.74) is 4.22. The van der Waals surface area contributed by atoms with E-state index in [9.17, 15) is 23.2 Å². The van der Waals surface area contributed by atoms with Crippen molar-refractivity contribution in [2.24, 2.45) is 0 Å². The van der Waals surface area contributed by atoms with Crippen molar-refractivity contribution in [1.29, 1.82) is 5.26 Å². The third-order valence-electron chi connectivity index (χ3n) is 4.47. The Hall–Kier alpha value is -3.47. The standard InChI is InChI=1S/C22H22F3N3O2.C3H8/c1-5-20(29)27-11-10-16-12-18(14(2)21(28(3)4)19(16)13-26)15-6-8-17(9-7-15)30-22(23,24)25;1-3-2/h5-9,12H,1,10-11H2,2-4H3,(H,27,29);3H2,1-2H3. The number of carbonyl (C=O) groups is 1. The van der Waals surface area contributed by atoms with Crippen LogP contribution in [0.3, 0.4) is 0 Å². The van der Waals surface area contributed by atoms with Gasteiger partial charge in [-0.2, -0.15) is 5.26 Å². The Balaban J connectivity index is 0.00000172. The van der Waals surface area contributed by atoms with Gasteiger partial charge in [-0.05, 0) is 59.9 Å². The summed E-state index contributed by atoms with van der Waals surface area (Å²) in [7, 11) is 3.63. The van der Waals surface area contributed by atoms with Gasteiger partial charge in [0.2, 0.25) is 5.91 Å². The van der Waals surface area contributed by atoms with Crippen LogP contribution in [0.4, 0.5) is 18.9 Å². The molecule has 0 unspecified atom stereocenters. The molecular weight excluding hydrogens is 431 g/mol. The lowest BCUT2D eigenvalue weighted by molar-refractivity contribution is -0.274. The van der Waals surface area contributed by atoms with Gasteiger partial charge >= 0.3 is 6.36 Å². The van der Waals surface area contributed by atoms with Gasteiger partial charge in [-0.15, -0.1) is 13.2 Å². The number of alkyl halides is 3. The second-order valence-electron chi connectivity index (χ2n) is 7.46. The van der Waals surface area contributed by atoms with Crippen LogP contribution in [0, 0.1) is 18.3 Å². The molecule has 1 N–H and O–H groups in total. The Labute approximate surface area is 193 Å². The number of nitrogens with zero attached hydrogens (tertiary/aromatic N) is 2. The van der Waals surface area contributed by atoms with E-state index < -0.39 is 6.36 Å². The van der Waals surface area contributed by atoms with Gasteiger partial charge in [0.05, 0.1) is 11.3 Å². The second kappa shape index (κ2) is 12.5. The molecule has 33 heavy (non-hydrogen) atoms. The van der Waals surface area contributed by atoms with Gasteiger partial charge in [0.25, 0.3) is 0 Å². The number of benzene rings is 2. The Morgan fingerprint density at radius 3 is 2.27 bits per heavy atom. The summed E-state index contributed by atoms with van der Waals surface area (Å²) in [5, 5.41) is 12.4. The number of carbonyl (C=O) groups excluding carboxylic acids is 1. The molecule has 0 saturated carbocycles. The first-order valence-corrected chi connectivity index (χ1v) is 10.5. The molecule has 2 aromatic carbocycles. The highest BCUT2D eigenvalue weighted by molar-refractivity contribution is 5.86. The normalized spacial score (nSPS) is 10.4. The number of halogens is 3. The molecule has 2 rings (SSSR count). The van der Waals surface area contributed by atoms with Crippen molar-refractivity contribution >= 4 is 11.6 Å². The topological polar surface area (TPSA) is 65.4 Å². The first kappa shape index (κ1) is 27.6. The molecule has 0 aliphatic carbocycles. The van der Waals surface area contributed by atoms with Crippen LogP contribution in [0.25, 0.3) is 11.1 Å². The number of nitriles is 1. The number of hydrogen-bond acceptors (Lipinski definition) is 4. The minimum atomic E-state index is -4.76. The Kier molecular flexibility index (Phi) is 10.5. The van der Waals surface area contributed by atoms with Crippen molar-refractivity contribution in [1.82, 2.24) is 5.32 Å². The molecule has 0 bridgehead atoms. The zero-order valence-corrected chi connectivity index (χ0v) is 19.6. The number of hydrogen-bond donors (Lipinski definition) is 1. The van der Waals surface area contributed by atoms with Gasteiger partial charge in [0, 0.05) is 20.6 Å². The fourth-order valence-corrected chi connectivity index (χ4v) is 3.23. The predicted octanol–water partition coefficient (Wildman–Crippen LogP) is 5.76. The third kappa shape index (κ3) is 8.19. The number of amides is 1. The van der Waals surface area contributed by atoms with Crippen molar-refractivity contribution in [3.8, 4) is 22.9 Å². The zero-order chi connectivity index (χ0) is 25.2. The summed E-state index contributed by atoms with van der Waals surface area (Å²) in [4.78, 5) is 13.2. The first-order chi connectivity index (χ1) is 15.5. The molecule has 0 aliphatic rings. The maximum atomic E-state index is 12.4. The van der Waals surface area contributed by atoms with E-state index >= 15 is 0 Å². The number of nitrogens with one attached hydrogen (secondary N) is 1. The summed E-state index contributed by atoms with van der Waals surface area (Å²) in [6.45, 7) is 9.82. The highest BCUT2D eigenvalue weighted by Gasteiger charge is 2.31. The third-order valence-corrected chi connectivity index (χ3v) is 4.47. The largest absolute Gasteiger partial charge is 0.573 e. The van der Waals surface area contributed by atoms with Crippen LogP contribution in [0.15, 0.2) is 43.0 Å². The first-order valence-electron chi connectivity index (χ1n) is 10.5. The van der Waals surface area contributed by atoms with Crippen LogP contribution in [-0.2, 0) is 11.2 Å². The molecule has 0 aromatic heterocycles. The second-order valence-corrected chi connectivity index (χ2v) is 7.46. The van der Waals surface area contributed by atoms with Gasteiger partial charge in [0.1, 0.15) is 11.8 Å². The van der Waals surface area contributed by atoms with E-state index in [-0.39, 0.29) is 11.7 Å². The molecular formula is C25H30F3N3O2. The Bertz CT molecular complexity index is 992. The van der Waals surface area contributed by atoms with E-state index in [2.05, 4.69) is 36.5 Å². The maximum absolute atomic E-state index is 12.4. The molecule has 5 nitrogen and oxygen atoms in total. The molecule has 0 radical (unpaired) electrons. The van der Waals surface area contributed by atoms with Crippen LogP contribution in [0.5, 0.6) is 5.75 Å². The van der Waals surface area contributed by atoms with E-state index in [1.807, 2.05) is 32.0 Å². The van der Waals surface area contributed by atoms with Crippen molar-refractivity contribution < 1.29 is 22.7 Å². The highest BCUT2D eigenvalue weighted by atomic mass is 19.4. The highest BCUT2D eigenvalue weighted by Crippen LogP contribution is 2.36. The summed E-state index contributed by atoms with van der Waals surface area (Å²) < 4.78 is 41.2. The van der Waals surface area contributed by atoms with Crippen LogP contribution < -0.4 is 15.0 Å². The molecule has 0 atom stereocenters. The molecule has 0 aliphatic heterocycles. The molecule has 0 spiro atoms. The summed E-state index contributed by atoms with van der Waals surface area (Å²) in [5.74, 6) is -0.619. The van der Waals surface area contributed by atoms with Gasteiger partial charge < -0.3 is 15.0 Å². The van der Waals surface area contributed by atoms with Gasteiger partial charge in [-0.1, -0.05) is 39.0 Å². The number of anilines is 1. The fraction of sp³-hybridized carbons (Fsp3) is 0.360. The van der Waals surface area contributed by atoms with Gasteiger partial charge in [-0.3, -0.25) is 4.79 Å². The fourth-order valence-electron chi connectivity index (χ4n) is 3.23. The van der Waals surface area contributed by atoms with Crippen LogP contribution in [0.1, 0.15) is 37.0 Å². The van der Waals surface area contributed by atoms with E-state index in [0.717, 1.165) is 22.4 Å². The monoisotopic (exact) mass is 461 g/mol. The lowest BCUT2D eigenvalue weighted by Gasteiger charge is -2.23. The molecule has 0 saturated heterocycles. The Morgan fingerprint density at radius 1 is 1.24 bits per heavy atom. The van der Waals surface area contributed by atoms with Crippen LogP contribution in [-0.4, -0.2) is 32.9 Å².